The third kappa shape index (κ3) is 3.96. The molecule has 2 heterocycles. The van der Waals surface area contributed by atoms with Crippen molar-refractivity contribution < 1.29 is 4.79 Å². The van der Waals surface area contributed by atoms with Gasteiger partial charge in [-0.2, -0.15) is 9.61 Å². The lowest BCUT2D eigenvalue weighted by Crippen LogP contribution is -2.13. The van der Waals surface area contributed by atoms with Crippen molar-refractivity contribution >= 4 is 28.8 Å². The molecular formula is C18H20ClN5O. The van der Waals surface area contributed by atoms with Crippen molar-refractivity contribution in [3.8, 4) is 0 Å². The molecule has 3 aromatic rings. The molecule has 0 unspecified atom stereocenters. The summed E-state index contributed by atoms with van der Waals surface area (Å²) in [6.07, 6.45) is 2.06. The summed E-state index contributed by atoms with van der Waals surface area (Å²) in [6, 6.07) is 8.00. The zero-order valence-electron chi connectivity index (χ0n) is 14.5. The third-order valence-corrected chi connectivity index (χ3v) is 4.40. The fraction of sp³-hybridized carbons (Fsp3) is 0.333. The first-order valence-corrected chi connectivity index (χ1v) is 8.56. The van der Waals surface area contributed by atoms with Crippen LogP contribution < -0.4 is 5.32 Å². The topological polar surface area (TPSA) is 72.2 Å². The molecule has 0 aliphatic rings. The van der Waals surface area contributed by atoms with Gasteiger partial charge in [0.2, 0.25) is 11.6 Å². The summed E-state index contributed by atoms with van der Waals surface area (Å²) in [5.41, 5.74) is 4.82. The molecule has 0 spiro atoms. The Hall–Kier alpha value is -2.47. The minimum absolute atomic E-state index is 0.0753. The van der Waals surface area contributed by atoms with Crippen molar-refractivity contribution in [2.24, 2.45) is 0 Å². The van der Waals surface area contributed by atoms with Crippen LogP contribution in [0.4, 0.5) is 5.69 Å². The third-order valence-electron chi connectivity index (χ3n) is 4.21. The Bertz CT molecular complexity index is 935. The molecule has 0 aliphatic heterocycles. The number of anilines is 1. The van der Waals surface area contributed by atoms with Crippen LogP contribution in [0.25, 0.3) is 5.65 Å². The summed E-state index contributed by atoms with van der Waals surface area (Å²) in [6.45, 7) is 5.97. The van der Waals surface area contributed by atoms with Crippen LogP contribution in [0.5, 0.6) is 0 Å². The normalized spacial score (nSPS) is 11.0. The number of rotatable bonds is 5. The number of carbonyl (C=O) groups excluding carboxylic acids is 1. The van der Waals surface area contributed by atoms with Crippen LogP contribution in [0.2, 0.25) is 5.15 Å². The Morgan fingerprint density at radius 1 is 1.16 bits per heavy atom. The van der Waals surface area contributed by atoms with Crippen LogP contribution in [-0.2, 0) is 11.2 Å². The first-order chi connectivity index (χ1) is 11.9. The highest BCUT2D eigenvalue weighted by molar-refractivity contribution is 6.29. The highest BCUT2D eigenvalue weighted by atomic mass is 35.5. The lowest BCUT2D eigenvalue weighted by molar-refractivity contribution is -0.116. The SMILES string of the molecule is Cc1ccc(CCCC(=O)Nc2cc(Cl)nn3c(C)nnc23)cc1C. The fourth-order valence-electron chi connectivity index (χ4n) is 2.67. The Morgan fingerprint density at radius 3 is 2.72 bits per heavy atom. The van der Waals surface area contributed by atoms with Gasteiger partial charge < -0.3 is 5.32 Å². The molecule has 0 radical (unpaired) electrons. The summed E-state index contributed by atoms with van der Waals surface area (Å²) in [5, 5.41) is 15.3. The number of halogens is 1. The van der Waals surface area contributed by atoms with Crippen LogP contribution in [0, 0.1) is 20.8 Å². The smallest absolute Gasteiger partial charge is 0.224 e. The monoisotopic (exact) mass is 357 g/mol. The number of nitrogens with zero attached hydrogens (tertiary/aromatic N) is 4. The molecule has 3 rings (SSSR count). The number of hydrogen-bond acceptors (Lipinski definition) is 4. The largest absolute Gasteiger partial charge is 0.323 e. The molecular weight excluding hydrogens is 338 g/mol. The van der Waals surface area contributed by atoms with Gasteiger partial charge in [-0.15, -0.1) is 10.2 Å². The maximum Gasteiger partial charge on any atom is 0.224 e. The second-order valence-corrected chi connectivity index (χ2v) is 6.57. The second kappa shape index (κ2) is 7.19. The van der Waals surface area contributed by atoms with Crippen molar-refractivity contribution in [1.82, 2.24) is 19.8 Å². The van der Waals surface area contributed by atoms with Crippen LogP contribution in [0.1, 0.15) is 35.4 Å². The molecule has 0 fully saturated rings. The lowest BCUT2D eigenvalue weighted by Gasteiger charge is -2.08. The van der Waals surface area contributed by atoms with Gasteiger partial charge in [0.05, 0.1) is 5.69 Å². The quantitative estimate of drug-likeness (QED) is 0.756. The summed E-state index contributed by atoms with van der Waals surface area (Å²) in [4.78, 5) is 12.3. The summed E-state index contributed by atoms with van der Waals surface area (Å²) in [5.74, 6) is 0.538. The number of benzene rings is 1. The van der Waals surface area contributed by atoms with Gasteiger partial charge in [-0.05, 0) is 50.3 Å². The van der Waals surface area contributed by atoms with Crippen molar-refractivity contribution in [3.63, 3.8) is 0 Å². The average Bonchev–Trinajstić information content (AvgIpc) is 2.92. The van der Waals surface area contributed by atoms with Gasteiger partial charge in [-0.3, -0.25) is 4.79 Å². The number of aromatic nitrogens is 4. The van der Waals surface area contributed by atoms with Crippen LogP contribution in [0.3, 0.4) is 0 Å². The van der Waals surface area contributed by atoms with Crippen molar-refractivity contribution in [1.29, 1.82) is 0 Å². The maximum absolute atomic E-state index is 12.3. The molecule has 2 aromatic heterocycles. The Kier molecular flexibility index (Phi) is 4.99. The van der Waals surface area contributed by atoms with Crippen LogP contribution in [0.15, 0.2) is 24.3 Å². The molecule has 1 N–H and O–H groups in total. The molecule has 25 heavy (non-hydrogen) atoms. The Balaban J connectivity index is 1.62. The van der Waals surface area contributed by atoms with E-state index in [9.17, 15) is 4.79 Å². The standard InChI is InChI=1S/C18H20ClN5O/c1-11-7-8-14(9-12(11)2)5-4-6-17(25)20-15-10-16(19)23-24-13(3)21-22-18(15)24/h7-10H,4-6H2,1-3H3,(H,20,25). The highest BCUT2D eigenvalue weighted by Gasteiger charge is 2.12. The summed E-state index contributed by atoms with van der Waals surface area (Å²) >= 11 is 6.01. The molecule has 0 saturated carbocycles. The molecule has 1 aromatic carbocycles. The number of nitrogens with one attached hydrogen (secondary N) is 1. The van der Waals surface area contributed by atoms with Gasteiger partial charge in [-0.25, -0.2) is 0 Å². The molecule has 0 aliphatic carbocycles. The molecule has 130 valence electrons. The number of aryl methyl sites for hydroxylation is 4. The Labute approximate surface area is 151 Å². The van der Waals surface area contributed by atoms with Gasteiger partial charge in [-0.1, -0.05) is 29.8 Å². The van der Waals surface area contributed by atoms with E-state index in [1.165, 1.54) is 21.2 Å². The van der Waals surface area contributed by atoms with E-state index in [1.807, 2.05) is 0 Å². The minimum Gasteiger partial charge on any atom is -0.323 e. The Morgan fingerprint density at radius 2 is 1.96 bits per heavy atom. The lowest BCUT2D eigenvalue weighted by atomic mass is 10.0. The predicted octanol–water partition coefficient (Wildman–Crippen LogP) is 3.66. The molecule has 6 nitrogen and oxygen atoms in total. The maximum atomic E-state index is 12.3. The average molecular weight is 358 g/mol. The van der Waals surface area contributed by atoms with E-state index in [0.29, 0.717) is 23.6 Å². The number of fused-ring (bicyclic) bond motifs is 1. The zero-order chi connectivity index (χ0) is 18.0. The number of hydrogen-bond donors (Lipinski definition) is 1. The van der Waals surface area contributed by atoms with E-state index in [4.69, 9.17) is 11.6 Å². The number of carbonyl (C=O) groups is 1. The van der Waals surface area contributed by atoms with Gasteiger partial charge in [0.25, 0.3) is 0 Å². The van der Waals surface area contributed by atoms with E-state index in [0.717, 1.165) is 12.8 Å². The molecule has 0 saturated heterocycles. The zero-order valence-corrected chi connectivity index (χ0v) is 15.3. The van der Waals surface area contributed by atoms with Gasteiger partial charge in [0.1, 0.15) is 0 Å². The van der Waals surface area contributed by atoms with Crippen molar-refractivity contribution in [3.05, 3.63) is 51.9 Å². The van der Waals surface area contributed by atoms with Gasteiger partial charge in [0, 0.05) is 12.5 Å². The predicted molar refractivity (Wildman–Crippen MR) is 98.0 cm³/mol. The van der Waals surface area contributed by atoms with E-state index < -0.39 is 0 Å². The number of amides is 1. The van der Waals surface area contributed by atoms with Crippen molar-refractivity contribution in [2.75, 3.05) is 5.32 Å². The van der Waals surface area contributed by atoms with E-state index in [2.05, 4.69) is 52.7 Å². The first-order valence-electron chi connectivity index (χ1n) is 8.18. The summed E-state index contributed by atoms with van der Waals surface area (Å²) < 4.78 is 1.52. The van der Waals surface area contributed by atoms with Crippen molar-refractivity contribution in [2.45, 2.75) is 40.0 Å². The first kappa shape index (κ1) is 17.4. The van der Waals surface area contributed by atoms with E-state index >= 15 is 0 Å². The second-order valence-electron chi connectivity index (χ2n) is 6.18. The molecule has 0 atom stereocenters. The van der Waals surface area contributed by atoms with E-state index in [1.54, 1.807) is 13.0 Å². The minimum atomic E-state index is -0.0753. The molecule has 0 bridgehead atoms. The summed E-state index contributed by atoms with van der Waals surface area (Å²) in [7, 11) is 0. The van der Waals surface area contributed by atoms with Crippen LogP contribution >= 0.6 is 11.6 Å². The van der Waals surface area contributed by atoms with Gasteiger partial charge >= 0.3 is 0 Å². The van der Waals surface area contributed by atoms with E-state index in [-0.39, 0.29) is 11.1 Å². The fourth-order valence-corrected chi connectivity index (χ4v) is 2.85. The molecule has 1 amide bonds. The van der Waals surface area contributed by atoms with Gasteiger partial charge in [0.15, 0.2) is 11.0 Å². The van der Waals surface area contributed by atoms with Crippen LogP contribution in [-0.4, -0.2) is 25.7 Å². The molecule has 7 heteroatoms. The highest BCUT2D eigenvalue weighted by Crippen LogP contribution is 2.19.